The van der Waals surface area contributed by atoms with E-state index in [2.05, 4.69) is 38.2 Å². The van der Waals surface area contributed by atoms with Crippen LogP contribution in [0.1, 0.15) is 219 Å². The summed E-state index contributed by atoms with van der Waals surface area (Å²) in [5.41, 5.74) is 0. The molecule has 1 aliphatic rings. The third-order valence-corrected chi connectivity index (χ3v) is 12.3. The predicted octanol–water partition coefficient (Wildman–Crippen LogP) is 10.8. The molecule has 0 aromatic carbocycles. The molecule has 0 bridgehead atoms. The number of aliphatic hydroxyl groups is 3. The van der Waals surface area contributed by atoms with Crippen LogP contribution < -0.4 is 0 Å². The van der Waals surface area contributed by atoms with E-state index in [0.717, 1.165) is 44.9 Å². The lowest BCUT2D eigenvalue weighted by molar-refractivity contribution is -0.297. The van der Waals surface area contributed by atoms with Gasteiger partial charge in [0.2, 0.25) is 0 Å². The summed E-state index contributed by atoms with van der Waals surface area (Å²) in [5, 5.41) is 30.9. The fourth-order valence-electron chi connectivity index (χ4n) is 7.61. The van der Waals surface area contributed by atoms with E-state index in [9.17, 15) is 37.9 Å². The van der Waals surface area contributed by atoms with E-state index in [1.54, 1.807) is 0 Å². The summed E-state index contributed by atoms with van der Waals surface area (Å²) in [4.78, 5) is 25.5. The Labute approximate surface area is 377 Å². The molecule has 1 fully saturated rings. The number of hydrogen-bond acceptors (Lipinski definition) is 11. The van der Waals surface area contributed by atoms with Crippen molar-refractivity contribution in [2.24, 2.45) is 0 Å². The summed E-state index contributed by atoms with van der Waals surface area (Å²) in [5.74, 6) is -2.00. The molecule has 0 radical (unpaired) electrons. The number of carbonyl (C=O) groups excluding carboxylic acids is 2. The standard InChI is InChI=1S/C49H90O12S/c1-3-5-7-9-11-13-15-17-19-20-21-22-24-26-28-30-32-34-36-38-45(51)60-42(40-59-49-48(54)47(53)46(52)43(61-49)41-62(55,56)57)39-58-44(50)37-35-33-31-29-27-25-23-18-16-14-12-10-8-6-4-2/h17,19,25,27,42-43,46-49,52-54H,3-16,18,20-24,26,28-41H2,1-2H3,(H,55,56,57)/b19-17+,27-25+/t42-,43-,46-,47?,48?,49+/m1/s1. The van der Waals surface area contributed by atoms with Gasteiger partial charge in [-0.2, -0.15) is 8.42 Å². The van der Waals surface area contributed by atoms with Gasteiger partial charge in [0.1, 0.15) is 36.8 Å². The second-order valence-electron chi connectivity index (χ2n) is 17.5. The fourth-order valence-corrected chi connectivity index (χ4v) is 8.30. The maximum absolute atomic E-state index is 12.9. The lowest BCUT2D eigenvalue weighted by Gasteiger charge is -2.40. The molecule has 1 rings (SSSR count). The van der Waals surface area contributed by atoms with Crippen LogP contribution in [0.25, 0.3) is 0 Å². The first-order chi connectivity index (χ1) is 30.0. The van der Waals surface area contributed by atoms with Gasteiger partial charge in [0, 0.05) is 12.8 Å². The third kappa shape index (κ3) is 33.6. The number of rotatable bonds is 42. The minimum atomic E-state index is -4.60. The van der Waals surface area contributed by atoms with Crippen LogP contribution in [0.3, 0.4) is 0 Å². The Morgan fingerprint density at radius 2 is 0.919 bits per heavy atom. The Hall–Kier alpha value is -1.87. The first-order valence-electron chi connectivity index (χ1n) is 24.9. The molecule has 0 aromatic heterocycles. The maximum Gasteiger partial charge on any atom is 0.306 e. The Kier molecular flexibility index (Phi) is 37.0. The van der Waals surface area contributed by atoms with Crippen molar-refractivity contribution >= 4 is 22.1 Å². The Morgan fingerprint density at radius 1 is 0.532 bits per heavy atom. The molecular formula is C49H90O12S. The van der Waals surface area contributed by atoms with Gasteiger partial charge < -0.3 is 34.3 Å². The zero-order valence-electron chi connectivity index (χ0n) is 39.0. The summed E-state index contributed by atoms with van der Waals surface area (Å²) in [7, 11) is -4.60. The highest BCUT2D eigenvalue weighted by atomic mass is 32.2. The fraction of sp³-hybridized carbons (Fsp3) is 0.878. The average Bonchev–Trinajstić information content (AvgIpc) is 3.24. The van der Waals surface area contributed by atoms with Crippen molar-refractivity contribution in [1.82, 2.24) is 0 Å². The van der Waals surface area contributed by atoms with Gasteiger partial charge in [-0.1, -0.05) is 167 Å². The molecule has 4 N–H and O–H groups in total. The predicted molar refractivity (Wildman–Crippen MR) is 247 cm³/mol. The average molecular weight is 903 g/mol. The van der Waals surface area contributed by atoms with Gasteiger partial charge in [-0.15, -0.1) is 0 Å². The van der Waals surface area contributed by atoms with Crippen LogP contribution in [0.4, 0.5) is 0 Å². The first-order valence-corrected chi connectivity index (χ1v) is 26.5. The van der Waals surface area contributed by atoms with E-state index in [4.69, 9.17) is 18.9 Å². The molecule has 1 heterocycles. The van der Waals surface area contributed by atoms with Crippen molar-refractivity contribution in [2.75, 3.05) is 19.0 Å². The number of carbonyl (C=O) groups is 2. The molecule has 0 amide bonds. The second kappa shape index (κ2) is 39.5. The molecule has 2 unspecified atom stereocenters. The first kappa shape index (κ1) is 58.1. The minimum Gasteiger partial charge on any atom is -0.462 e. The summed E-state index contributed by atoms with van der Waals surface area (Å²) < 4.78 is 54.2. The molecule has 1 aliphatic heterocycles. The van der Waals surface area contributed by atoms with E-state index in [1.165, 1.54) is 135 Å². The van der Waals surface area contributed by atoms with Gasteiger partial charge in [-0.05, 0) is 64.2 Å². The van der Waals surface area contributed by atoms with Crippen molar-refractivity contribution < 1.29 is 56.8 Å². The monoisotopic (exact) mass is 903 g/mol. The molecule has 0 aliphatic carbocycles. The topological polar surface area (TPSA) is 186 Å². The summed E-state index contributed by atoms with van der Waals surface area (Å²) in [6.45, 7) is 3.76. The maximum atomic E-state index is 12.9. The van der Waals surface area contributed by atoms with Gasteiger partial charge >= 0.3 is 11.9 Å². The number of unbranched alkanes of at least 4 members (excludes halogenated alkanes) is 26. The minimum absolute atomic E-state index is 0.161. The Balaban J connectivity index is 2.40. The van der Waals surface area contributed by atoms with Gasteiger partial charge in [0.15, 0.2) is 12.4 Å². The number of esters is 2. The van der Waals surface area contributed by atoms with Gasteiger partial charge in [0.05, 0.1) is 6.61 Å². The molecule has 6 atom stereocenters. The largest absolute Gasteiger partial charge is 0.462 e. The van der Waals surface area contributed by atoms with Gasteiger partial charge in [-0.3, -0.25) is 14.1 Å². The highest BCUT2D eigenvalue weighted by Gasteiger charge is 2.46. The number of ether oxygens (including phenoxy) is 4. The van der Waals surface area contributed by atoms with Crippen LogP contribution in [0, 0.1) is 0 Å². The molecule has 364 valence electrons. The van der Waals surface area contributed by atoms with Gasteiger partial charge in [0.25, 0.3) is 10.1 Å². The van der Waals surface area contributed by atoms with E-state index < -0.39 is 71.2 Å². The van der Waals surface area contributed by atoms with Gasteiger partial charge in [-0.25, -0.2) is 0 Å². The molecular weight excluding hydrogens is 813 g/mol. The third-order valence-electron chi connectivity index (χ3n) is 11.5. The molecule has 62 heavy (non-hydrogen) atoms. The Bertz CT molecular complexity index is 1240. The zero-order valence-corrected chi connectivity index (χ0v) is 39.8. The van der Waals surface area contributed by atoms with Crippen LogP contribution in [0.2, 0.25) is 0 Å². The van der Waals surface area contributed by atoms with Crippen LogP contribution in [0.5, 0.6) is 0 Å². The van der Waals surface area contributed by atoms with E-state index in [0.29, 0.717) is 12.8 Å². The highest BCUT2D eigenvalue weighted by molar-refractivity contribution is 7.85. The normalized spacial score (nSPS) is 20.0. The van der Waals surface area contributed by atoms with Crippen LogP contribution in [-0.4, -0.2) is 96.0 Å². The second-order valence-corrected chi connectivity index (χ2v) is 19.0. The number of hydrogen-bond donors (Lipinski definition) is 4. The van der Waals surface area contributed by atoms with E-state index in [-0.39, 0.29) is 19.4 Å². The quantitative estimate of drug-likeness (QED) is 0.0197. The van der Waals surface area contributed by atoms with Crippen molar-refractivity contribution in [1.29, 1.82) is 0 Å². The van der Waals surface area contributed by atoms with Crippen molar-refractivity contribution in [2.45, 2.75) is 256 Å². The van der Waals surface area contributed by atoms with E-state index in [1.807, 2.05) is 0 Å². The summed E-state index contributed by atoms with van der Waals surface area (Å²) in [6.07, 6.45) is 35.0. The summed E-state index contributed by atoms with van der Waals surface area (Å²) in [6, 6.07) is 0. The van der Waals surface area contributed by atoms with Crippen molar-refractivity contribution in [3.63, 3.8) is 0 Å². The molecule has 1 saturated heterocycles. The smallest absolute Gasteiger partial charge is 0.306 e. The number of allylic oxidation sites excluding steroid dienone is 4. The summed E-state index contributed by atoms with van der Waals surface area (Å²) >= 11 is 0. The zero-order chi connectivity index (χ0) is 45.5. The Morgan fingerprint density at radius 3 is 1.35 bits per heavy atom. The van der Waals surface area contributed by atoms with Crippen LogP contribution in [0.15, 0.2) is 24.3 Å². The SMILES string of the molecule is CCCCCCCC/C=C/CCCCCCCCCCCC(=O)O[C@H](COC(=O)CCCCC/C=C/CCCCCCCCCC)CO[C@H]1O[C@H](CS(=O)(=O)O)[C@@H](O)C(O)C1O. The van der Waals surface area contributed by atoms with Crippen molar-refractivity contribution in [3.05, 3.63) is 24.3 Å². The molecule has 0 saturated carbocycles. The van der Waals surface area contributed by atoms with Crippen LogP contribution in [-0.2, 0) is 38.7 Å². The highest BCUT2D eigenvalue weighted by Crippen LogP contribution is 2.24. The lowest BCUT2D eigenvalue weighted by atomic mass is 10.00. The molecule has 13 heteroatoms. The molecule has 0 aromatic rings. The van der Waals surface area contributed by atoms with Crippen molar-refractivity contribution in [3.8, 4) is 0 Å². The number of aliphatic hydroxyl groups excluding tert-OH is 3. The molecule has 0 spiro atoms. The van der Waals surface area contributed by atoms with E-state index >= 15 is 0 Å². The van der Waals surface area contributed by atoms with Crippen LogP contribution >= 0.6 is 0 Å². The lowest BCUT2D eigenvalue weighted by Crippen LogP contribution is -2.60. The molecule has 12 nitrogen and oxygen atoms in total.